The predicted molar refractivity (Wildman–Crippen MR) is 34.2 cm³/mol. The van der Waals surface area contributed by atoms with Crippen molar-refractivity contribution < 1.29 is 0 Å². The average Bonchev–Trinajstić information content (AvgIpc) is 1.37. The summed E-state index contributed by atoms with van der Waals surface area (Å²) in [5.41, 5.74) is 0. The van der Waals surface area contributed by atoms with Crippen molar-refractivity contribution in [1.82, 2.24) is 0 Å². The molecule has 0 nitrogen and oxygen atoms in total. The van der Waals surface area contributed by atoms with Gasteiger partial charge in [-0.3, -0.25) is 0 Å². The molecule has 0 heterocycles. The third-order valence-electron chi connectivity index (χ3n) is 0.167. The molecule has 0 spiro atoms. The summed E-state index contributed by atoms with van der Waals surface area (Å²) in [5.74, 6) is 0. The molecule has 0 fully saturated rings. The zero-order valence-corrected chi connectivity index (χ0v) is 4.45. The molecule has 0 saturated carbocycles. The molecule has 0 radical (unpaired) electrons. The number of rotatable bonds is 1. The zero-order valence-electron chi connectivity index (χ0n) is 2.82. The Bertz CT molecular complexity index is 9.61. The monoisotopic (exact) mass is 102 g/mol. The summed E-state index contributed by atoms with van der Waals surface area (Å²) >= 11 is 0. The van der Waals surface area contributed by atoms with Gasteiger partial charge >= 0.3 is 18.9 Å². The Hall–Kier alpha value is 1.30. The van der Waals surface area contributed by atoms with Crippen molar-refractivity contribution in [3.05, 3.63) is 0 Å². The molecular weight excluding hydrogens is 95.1 g/mol. The fraction of sp³-hybridized carbons (Fsp3) is 1.00. The molecule has 0 aliphatic rings. The van der Waals surface area contributed by atoms with Crippen LogP contribution in [0.5, 0.6) is 0 Å². The maximum atomic E-state index is 2.06. The summed E-state index contributed by atoms with van der Waals surface area (Å²) < 4.78 is 0. The van der Waals surface area contributed by atoms with Crippen LogP contribution in [-0.2, 0) is 0 Å². The molecule has 0 aliphatic carbocycles. The van der Waals surface area contributed by atoms with Gasteiger partial charge in [-0.25, -0.2) is 0 Å². The van der Waals surface area contributed by atoms with Gasteiger partial charge in [-0.15, -0.1) is 0 Å². The summed E-state index contributed by atoms with van der Waals surface area (Å²) in [6.45, 7) is 0. The predicted octanol–water partition coefficient (Wildman–Crippen LogP) is 0.979. The second kappa shape index (κ2) is 9.00. The molecular formula is C2H7LiS2. The van der Waals surface area contributed by atoms with E-state index in [4.69, 9.17) is 0 Å². The van der Waals surface area contributed by atoms with E-state index >= 15 is 0 Å². The SMILES string of the molecule is CSSC.[LiH]. The first-order valence-corrected chi connectivity index (χ1v) is 3.95. The van der Waals surface area contributed by atoms with Crippen LogP contribution in [-0.4, -0.2) is 31.4 Å². The first kappa shape index (κ1) is 9.57. The Kier molecular flexibility index (Phi) is 17.2. The van der Waals surface area contributed by atoms with E-state index in [0.29, 0.717) is 0 Å². The molecule has 0 N–H and O–H groups in total. The van der Waals surface area contributed by atoms with E-state index in [9.17, 15) is 0 Å². The van der Waals surface area contributed by atoms with Crippen LogP contribution in [0.4, 0.5) is 0 Å². The number of hydrogen-bond acceptors (Lipinski definition) is 2. The van der Waals surface area contributed by atoms with Crippen LogP contribution in [0.2, 0.25) is 0 Å². The molecule has 0 saturated heterocycles. The van der Waals surface area contributed by atoms with E-state index in [1.54, 1.807) is 21.6 Å². The second-order valence-corrected chi connectivity index (χ2v) is 3.00. The van der Waals surface area contributed by atoms with Crippen molar-refractivity contribution in [1.29, 1.82) is 0 Å². The Morgan fingerprint density at radius 1 is 1.00 bits per heavy atom. The molecule has 0 rings (SSSR count). The van der Waals surface area contributed by atoms with Crippen molar-refractivity contribution in [3.63, 3.8) is 0 Å². The van der Waals surface area contributed by atoms with Gasteiger partial charge in [0.2, 0.25) is 0 Å². The molecule has 0 bridgehead atoms. The van der Waals surface area contributed by atoms with Crippen LogP contribution < -0.4 is 0 Å². The molecule has 5 heavy (non-hydrogen) atoms. The van der Waals surface area contributed by atoms with E-state index in [1.807, 2.05) is 0 Å². The summed E-state index contributed by atoms with van der Waals surface area (Å²) in [4.78, 5) is 0. The molecule has 0 aromatic carbocycles. The van der Waals surface area contributed by atoms with Crippen molar-refractivity contribution in [3.8, 4) is 0 Å². The fourth-order valence-corrected chi connectivity index (χ4v) is 0. The standard InChI is InChI=1S/C2H6S2.Li.H/c1-3-4-2;;/h1-2H3;;. The average molecular weight is 102 g/mol. The molecule has 0 unspecified atom stereocenters. The van der Waals surface area contributed by atoms with Gasteiger partial charge in [0, 0.05) is 0 Å². The Labute approximate surface area is 53.0 Å². The second-order valence-electron chi connectivity index (χ2n) is 0.333. The Morgan fingerprint density at radius 3 is 1.20 bits per heavy atom. The van der Waals surface area contributed by atoms with E-state index in [1.165, 1.54) is 0 Å². The van der Waals surface area contributed by atoms with Crippen LogP contribution in [0.25, 0.3) is 0 Å². The van der Waals surface area contributed by atoms with Crippen LogP contribution in [0.3, 0.4) is 0 Å². The minimum atomic E-state index is 0. The molecule has 0 aromatic rings. The van der Waals surface area contributed by atoms with E-state index < -0.39 is 0 Å². The van der Waals surface area contributed by atoms with Gasteiger partial charge in [0.05, 0.1) is 0 Å². The van der Waals surface area contributed by atoms with Crippen molar-refractivity contribution in [2.75, 3.05) is 12.5 Å². The Morgan fingerprint density at radius 2 is 1.20 bits per heavy atom. The molecule has 0 amide bonds. The first-order valence-electron chi connectivity index (χ1n) is 0.983. The van der Waals surface area contributed by atoms with Crippen LogP contribution in [0, 0.1) is 0 Å². The topological polar surface area (TPSA) is 0 Å². The van der Waals surface area contributed by atoms with Crippen LogP contribution in [0.1, 0.15) is 0 Å². The van der Waals surface area contributed by atoms with E-state index in [-0.39, 0.29) is 18.9 Å². The molecule has 0 aromatic heterocycles. The third-order valence-corrected chi connectivity index (χ3v) is 1.50. The first-order chi connectivity index (χ1) is 1.91. The van der Waals surface area contributed by atoms with Gasteiger partial charge in [-0.2, -0.15) is 0 Å². The molecule has 28 valence electrons. The van der Waals surface area contributed by atoms with Crippen molar-refractivity contribution in [2.24, 2.45) is 0 Å². The molecule has 3 heteroatoms. The minimum absolute atomic E-state index is 0. The summed E-state index contributed by atoms with van der Waals surface area (Å²) in [5, 5.41) is 0. The molecule has 0 aliphatic heterocycles. The van der Waals surface area contributed by atoms with Gasteiger partial charge < -0.3 is 0 Å². The summed E-state index contributed by atoms with van der Waals surface area (Å²) in [6.07, 6.45) is 4.12. The van der Waals surface area contributed by atoms with E-state index in [2.05, 4.69) is 12.5 Å². The van der Waals surface area contributed by atoms with Crippen molar-refractivity contribution >= 4 is 40.4 Å². The third kappa shape index (κ3) is 10.9. The quantitative estimate of drug-likeness (QED) is 0.357. The van der Waals surface area contributed by atoms with Crippen LogP contribution in [0.15, 0.2) is 0 Å². The van der Waals surface area contributed by atoms with Gasteiger partial charge in [-0.05, 0) is 12.5 Å². The fourth-order valence-electron chi connectivity index (χ4n) is 0. The van der Waals surface area contributed by atoms with Crippen LogP contribution >= 0.6 is 21.6 Å². The maximum absolute atomic E-state index is 2.06. The van der Waals surface area contributed by atoms with E-state index in [0.717, 1.165) is 0 Å². The summed E-state index contributed by atoms with van der Waals surface area (Å²) in [7, 11) is 3.55. The zero-order chi connectivity index (χ0) is 3.41. The van der Waals surface area contributed by atoms with Crippen molar-refractivity contribution in [2.45, 2.75) is 0 Å². The molecule has 0 atom stereocenters. The number of hydrogen-bond donors (Lipinski definition) is 0. The normalized spacial score (nSPS) is 6.00. The van der Waals surface area contributed by atoms with Gasteiger partial charge in [-0.1, -0.05) is 21.6 Å². The van der Waals surface area contributed by atoms with Gasteiger partial charge in [0.1, 0.15) is 0 Å². The van der Waals surface area contributed by atoms with Gasteiger partial charge in [0.25, 0.3) is 0 Å². The Balaban J connectivity index is 0. The van der Waals surface area contributed by atoms with Gasteiger partial charge in [0.15, 0.2) is 0 Å². The summed E-state index contributed by atoms with van der Waals surface area (Å²) in [6, 6.07) is 0.